The van der Waals surface area contributed by atoms with Crippen molar-refractivity contribution in [2.75, 3.05) is 6.54 Å². The van der Waals surface area contributed by atoms with Crippen LogP contribution in [0.1, 0.15) is 6.42 Å². The molecule has 0 aromatic heterocycles. The van der Waals surface area contributed by atoms with Gasteiger partial charge in [-0.25, -0.2) is 7.50 Å². The van der Waals surface area contributed by atoms with Crippen LogP contribution in [-0.4, -0.2) is 25.7 Å². The maximum absolute atomic E-state index is 12.6. The molecule has 1 heterocycles. The fourth-order valence-electron chi connectivity index (χ4n) is 0.950. The zero-order valence-corrected chi connectivity index (χ0v) is 9.37. The van der Waals surface area contributed by atoms with Crippen molar-refractivity contribution in [3.63, 3.8) is 0 Å². The number of nitrogens with zero attached hydrogens (tertiary/aromatic N) is 1. The fraction of sp³-hybridized carbons (Fsp3) is 0.800. The van der Waals surface area contributed by atoms with Gasteiger partial charge in [0.1, 0.15) is 6.17 Å². The van der Waals surface area contributed by atoms with Crippen LogP contribution in [0, 0.1) is 0 Å². The Kier molecular flexibility index (Phi) is 3.29. The summed E-state index contributed by atoms with van der Waals surface area (Å²) in [6.45, 7) is 0.389. The molecule has 0 aliphatic carbocycles. The summed E-state index contributed by atoms with van der Waals surface area (Å²) in [6, 6.07) is -0.198. The van der Waals surface area contributed by atoms with E-state index in [1.54, 1.807) is 25.7 Å². The average Bonchev–Trinajstić information content (AvgIpc) is 2.10. The normalized spacial score (nSPS) is 34.7. The van der Waals surface area contributed by atoms with Crippen LogP contribution in [0.5, 0.6) is 0 Å². The monoisotopic (exact) mass is 369 g/mol. The van der Waals surface area contributed by atoms with Gasteiger partial charge in [0.15, 0.2) is 0 Å². The maximum Gasteiger partial charge on any atom is 0.210 e. The lowest BCUT2D eigenvalue weighted by Crippen LogP contribution is -2.24. The van der Waals surface area contributed by atoms with E-state index >= 15 is 0 Å². The van der Waals surface area contributed by atoms with E-state index in [9.17, 15) is 9.18 Å². The Morgan fingerprint density at radius 1 is 1.70 bits per heavy atom. The molecule has 0 N–H and O–H groups in total. The van der Waals surface area contributed by atoms with Crippen LogP contribution in [0.15, 0.2) is 0 Å². The zero-order chi connectivity index (χ0) is 7.72. The van der Waals surface area contributed by atoms with Crippen LogP contribution < -0.4 is 0 Å². The van der Waals surface area contributed by atoms with Crippen molar-refractivity contribution in [1.29, 1.82) is 0 Å². The molecule has 1 saturated heterocycles. The van der Waals surface area contributed by atoms with E-state index in [0.29, 0.717) is 13.0 Å². The SMILES string of the molecule is O=C(I)[C@@H]1C[C@@H](F)CN1I. The van der Waals surface area contributed by atoms with Crippen molar-refractivity contribution >= 4 is 49.2 Å². The van der Waals surface area contributed by atoms with Crippen molar-refractivity contribution in [3.8, 4) is 0 Å². The molecule has 1 aliphatic heterocycles. The van der Waals surface area contributed by atoms with E-state index in [4.69, 9.17) is 0 Å². The summed E-state index contributed by atoms with van der Waals surface area (Å²) in [7, 11) is 0. The van der Waals surface area contributed by atoms with E-state index in [1.807, 2.05) is 22.9 Å². The van der Waals surface area contributed by atoms with Crippen molar-refractivity contribution < 1.29 is 9.18 Å². The predicted molar refractivity (Wildman–Crippen MR) is 53.1 cm³/mol. The number of alkyl halides is 1. The van der Waals surface area contributed by atoms with Gasteiger partial charge in [-0.1, -0.05) is 0 Å². The van der Waals surface area contributed by atoms with E-state index in [1.165, 1.54) is 0 Å². The minimum atomic E-state index is -0.819. The second-order valence-corrected chi connectivity index (χ2v) is 4.54. The highest BCUT2D eigenvalue weighted by atomic mass is 127. The van der Waals surface area contributed by atoms with E-state index in [-0.39, 0.29) is 9.83 Å². The van der Waals surface area contributed by atoms with Crippen molar-refractivity contribution in [2.45, 2.75) is 18.6 Å². The molecule has 0 spiro atoms. The van der Waals surface area contributed by atoms with Gasteiger partial charge in [-0.2, -0.15) is 0 Å². The van der Waals surface area contributed by atoms with Gasteiger partial charge in [-0.05, 0) is 0 Å². The molecular formula is C5H6FI2NO. The quantitative estimate of drug-likeness (QED) is 0.399. The summed E-state index contributed by atoms with van der Waals surface area (Å²) in [4.78, 5) is 10.8. The maximum atomic E-state index is 12.6. The van der Waals surface area contributed by atoms with Crippen LogP contribution >= 0.6 is 45.5 Å². The zero-order valence-electron chi connectivity index (χ0n) is 5.06. The minimum absolute atomic E-state index is 0.0344. The lowest BCUT2D eigenvalue weighted by molar-refractivity contribution is -0.111. The lowest BCUT2D eigenvalue weighted by atomic mass is 10.2. The molecule has 2 nitrogen and oxygen atoms in total. The van der Waals surface area contributed by atoms with E-state index in [2.05, 4.69) is 0 Å². The third kappa shape index (κ3) is 2.00. The number of carbonyl (C=O) groups is 1. The van der Waals surface area contributed by atoms with Crippen molar-refractivity contribution in [3.05, 3.63) is 0 Å². The highest BCUT2D eigenvalue weighted by molar-refractivity contribution is 14.1. The Morgan fingerprint density at radius 3 is 2.50 bits per heavy atom. The molecule has 10 heavy (non-hydrogen) atoms. The molecular weight excluding hydrogens is 363 g/mol. The Morgan fingerprint density at radius 2 is 2.30 bits per heavy atom. The lowest BCUT2D eigenvalue weighted by Gasteiger charge is -2.10. The first-order valence-electron chi connectivity index (χ1n) is 2.87. The minimum Gasteiger partial charge on any atom is -0.286 e. The molecule has 0 aromatic rings. The first-order valence-corrected chi connectivity index (χ1v) is 4.91. The van der Waals surface area contributed by atoms with E-state index in [0.717, 1.165) is 0 Å². The van der Waals surface area contributed by atoms with Crippen LogP contribution in [0.25, 0.3) is 0 Å². The average molecular weight is 369 g/mol. The number of hydrogen-bond acceptors (Lipinski definition) is 2. The van der Waals surface area contributed by atoms with Gasteiger partial charge >= 0.3 is 0 Å². The fourth-order valence-corrected chi connectivity index (χ4v) is 2.98. The summed E-state index contributed by atoms with van der Waals surface area (Å²) < 4.78 is 14.4. The Labute approximate surface area is 86.2 Å². The molecule has 0 amide bonds. The van der Waals surface area contributed by atoms with Crippen LogP contribution in [-0.2, 0) is 4.79 Å². The second kappa shape index (κ2) is 3.61. The molecule has 1 rings (SSSR count). The summed E-state index contributed by atoms with van der Waals surface area (Å²) in [5, 5.41) is 0. The van der Waals surface area contributed by atoms with Gasteiger partial charge in [0.05, 0.1) is 6.04 Å². The molecule has 2 atom stereocenters. The van der Waals surface area contributed by atoms with Gasteiger partial charge < -0.3 is 0 Å². The molecule has 1 fully saturated rings. The first-order chi connectivity index (χ1) is 4.61. The van der Waals surface area contributed by atoms with Crippen LogP contribution in [0.2, 0.25) is 0 Å². The van der Waals surface area contributed by atoms with Gasteiger partial charge in [0.25, 0.3) is 0 Å². The summed E-state index contributed by atoms with van der Waals surface area (Å²) in [5.74, 6) is 0. The Bertz CT molecular complexity index is 155. The van der Waals surface area contributed by atoms with Gasteiger partial charge in [-0.3, -0.25) is 4.79 Å². The summed E-state index contributed by atoms with van der Waals surface area (Å²) >= 11 is 3.71. The molecule has 58 valence electrons. The topological polar surface area (TPSA) is 20.3 Å². The van der Waals surface area contributed by atoms with Gasteiger partial charge in [0, 0.05) is 58.4 Å². The molecule has 0 aromatic carbocycles. The van der Waals surface area contributed by atoms with Crippen molar-refractivity contribution in [2.24, 2.45) is 0 Å². The molecule has 0 unspecified atom stereocenters. The molecule has 5 heteroatoms. The predicted octanol–water partition coefficient (Wildman–Crippen LogP) is 1.71. The van der Waals surface area contributed by atoms with Gasteiger partial charge in [0.2, 0.25) is 3.79 Å². The molecule has 0 radical (unpaired) electrons. The number of halogens is 3. The van der Waals surface area contributed by atoms with Crippen LogP contribution in [0.3, 0.4) is 0 Å². The standard InChI is InChI=1S/C5H6FI2NO/c6-3-1-4(5(7)10)9(8)2-3/h3-4H,1-2H2/t3-,4+/m1/s1. The number of rotatable bonds is 1. The van der Waals surface area contributed by atoms with Crippen LogP contribution in [0.4, 0.5) is 4.39 Å². The van der Waals surface area contributed by atoms with Crippen molar-refractivity contribution in [1.82, 2.24) is 3.11 Å². The number of carbonyl (C=O) groups excluding carboxylic acids is 1. The summed E-state index contributed by atoms with van der Waals surface area (Å²) in [6.07, 6.45) is -0.453. The highest BCUT2D eigenvalue weighted by Crippen LogP contribution is 2.25. The highest BCUT2D eigenvalue weighted by Gasteiger charge is 2.34. The molecule has 0 saturated carbocycles. The Balaban J connectivity index is 2.54. The van der Waals surface area contributed by atoms with E-state index < -0.39 is 6.17 Å². The summed E-state index contributed by atoms with van der Waals surface area (Å²) in [5.41, 5.74) is 0. The van der Waals surface area contributed by atoms with Gasteiger partial charge in [-0.15, -0.1) is 0 Å². The molecule has 1 aliphatic rings. The second-order valence-electron chi connectivity index (χ2n) is 2.24. The Hall–Kier alpha value is 1.02. The molecule has 0 bridgehead atoms. The first kappa shape index (κ1) is 9.11. The smallest absolute Gasteiger partial charge is 0.210 e. The largest absolute Gasteiger partial charge is 0.286 e. The number of hydrogen-bond donors (Lipinski definition) is 0. The third-order valence-corrected chi connectivity index (χ3v) is 3.24. The third-order valence-electron chi connectivity index (χ3n) is 1.45.